The Kier molecular flexibility index (Phi) is 3.41. The molecule has 0 amide bonds. The van der Waals surface area contributed by atoms with Crippen molar-refractivity contribution in [3.05, 3.63) is 40.2 Å². The monoisotopic (exact) mass is 273 g/mol. The van der Waals surface area contributed by atoms with Crippen molar-refractivity contribution in [3.63, 3.8) is 0 Å². The molecule has 8 heteroatoms. The van der Waals surface area contributed by atoms with Gasteiger partial charge in [0.2, 0.25) is 0 Å². The van der Waals surface area contributed by atoms with Crippen molar-refractivity contribution in [1.82, 2.24) is 4.98 Å². The third-order valence-corrected chi connectivity index (χ3v) is 2.74. The Bertz CT molecular complexity index is 520. The van der Waals surface area contributed by atoms with Gasteiger partial charge in [-0.25, -0.2) is 4.98 Å². The molecule has 0 saturated carbocycles. The zero-order valence-corrected chi connectivity index (χ0v) is 9.65. The highest BCUT2D eigenvalue weighted by molar-refractivity contribution is 5.61. The second-order valence-corrected chi connectivity index (χ2v) is 4.13. The Morgan fingerprint density at radius 1 is 1.37 bits per heavy atom. The van der Waals surface area contributed by atoms with E-state index in [1.807, 2.05) is 12.2 Å². The number of pyridine rings is 1. The summed E-state index contributed by atoms with van der Waals surface area (Å²) in [5, 5.41) is 13.5. The predicted octanol–water partition coefficient (Wildman–Crippen LogP) is 3.14. The standard InChI is InChI=1S/C11H10F3N3O2/c12-11(13,14)10-5-8(9(6-15-10)17(18)19)16-7-3-1-2-4-7/h1-2,5-7H,3-4H2,(H,15,16). The average Bonchev–Trinajstić information content (AvgIpc) is 2.80. The lowest BCUT2D eigenvalue weighted by Crippen LogP contribution is -2.17. The molecule has 1 aromatic rings. The first-order valence-electron chi connectivity index (χ1n) is 5.51. The maximum atomic E-state index is 12.5. The van der Waals surface area contributed by atoms with Gasteiger partial charge in [-0.05, 0) is 18.9 Å². The zero-order chi connectivity index (χ0) is 14.0. The molecular formula is C11H10F3N3O2. The molecule has 0 aromatic carbocycles. The topological polar surface area (TPSA) is 68.1 Å². The molecule has 1 N–H and O–H groups in total. The number of rotatable bonds is 3. The fourth-order valence-electron chi connectivity index (χ4n) is 1.82. The molecule has 19 heavy (non-hydrogen) atoms. The summed E-state index contributed by atoms with van der Waals surface area (Å²) in [7, 11) is 0. The molecular weight excluding hydrogens is 263 g/mol. The molecule has 102 valence electrons. The van der Waals surface area contributed by atoms with E-state index in [0.717, 1.165) is 0 Å². The summed E-state index contributed by atoms with van der Waals surface area (Å²) in [5.74, 6) is 0. The first-order valence-corrected chi connectivity index (χ1v) is 5.51. The maximum absolute atomic E-state index is 12.5. The average molecular weight is 273 g/mol. The highest BCUT2D eigenvalue weighted by atomic mass is 19.4. The van der Waals surface area contributed by atoms with Gasteiger partial charge in [0, 0.05) is 6.04 Å². The van der Waals surface area contributed by atoms with E-state index in [-0.39, 0.29) is 11.7 Å². The molecule has 0 saturated heterocycles. The summed E-state index contributed by atoms with van der Waals surface area (Å²) in [5.41, 5.74) is -1.76. The first-order chi connectivity index (χ1) is 8.88. The molecule has 1 heterocycles. The fraction of sp³-hybridized carbons (Fsp3) is 0.364. The molecule has 0 atom stereocenters. The summed E-state index contributed by atoms with van der Waals surface area (Å²) in [6, 6.07) is 0.554. The van der Waals surface area contributed by atoms with Crippen molar-refractivity contribution < 1.29 is 18.1 Å². The Labute approximate surface area is 106 Å². The van der Waals surface area contributed by atoms with Gasteiger partial charge in [0.1, 0.15) is 17.6 Å². The SMILES string of the molecule is O=[N+]([O-])c1cnc(C(F)(F)F)cc1NC1CC=CC1. The van der Waals surface area contributed by atoms with Crippen molar-refractivity contribution in [1.29, 1.82) is 0 Å². The van der Waals surface area contributed by atoms with Gasteiger partial charge >= 0.3 is 11.9 Å². The number of nitrogens with zero attached hydrogens (tertiary/aromatic N) is 2. The van der Waals surface area contributed by atoms with Crippen LogP contribution in [0.25, 0.3) is 0 Å². The molecule has 0 fully saturated rings. The van der Waals surface area contributed by atoms with E-state index in [2.05, 4.69) is 10.3 Å². The lowest BCUT2D eigenvalue weighted by Gasteiger charge is -2.15. The third-order valence-electron chi connectivity index (χ3n) is 2.74. The second-order valence-electron chi connectivity index (χ2n) is 4.13. The van der Waals surface area contributed by atoms with E-state index >= 15 is 0 Å². The molecule has 0 unspecified atom stereocenters. The zero-order valence-electron chi connectivity index (χ0n) is 9.65. The van der Waals surface area contributed by atoms with Crippen molar-refractivity contribution >= 4 is 11.4 Å². The minimum atomic E-state index is -4.63. The molecule has 1 aromatic heterocycles. The van der Waals surface area contributed by atoms with E-state index in [0.29, 0.717) is 25.1 Å². The van der Waals surface area contributed by atoms with E-state index < -0.39 is 22.5 Å². The molecule has 0 radical (unpaired) electrons. The minimum Gasteiger partial charge on any atom is -0.376 e. The molecule has 1 aliphatic carbocycles. The summed E-state index contributed by atoms with van der Waals surface area (Å²) in [6.07, 6.45) is 0.999. The van der Waals surface area contributed by atoms with Crippen molar-refractivity contribution in [3.8, 4) is 0 Å². The number of hydrogen-bond donors (Lipinski definition) is 1. The van der Waals surface area contributed by atoms with Gasteiger partial charge in [-0.3, -0.25) is 10.1 Å². The smallest absolute Gasteiger partial charge is 0.376 e. The Hall–Kier alpha value is -2.12. The Morgan fingerprint density at radius 3 is 2.53 bits per heavy atom. The molecule has 2 rings (SSSR count). The Balaban J connectivity index is 2.33. The second kappa shape index (κ2) is 4.87. The van der Waals surface area contributed by atoms with Crippen molar-refractivity contribution in [2.24, 2.45) is 0 Å². The van der Waals surface area contributed by atoms with Crippen LogP contribution in [0.2, 0.25) is 0 Å². The normalized spacial score (nSPS) is 15.7. The van der Waals surface area contributed by atoms with Crippen LogP contribution in [0.5, 0.6) is 0 Å². The van der Waals surface area contributed by atoms with Crippen LogP contribution in [0, 0.1) is 10.1 Å². The number of anilines is 1. The van der Waals surface area contributed by atoms with Crippen molar-refractivity contribution in [2.45, 2.75) is 25.1 Å². The maximum Gasteiger partial charge on any atom is 0.433 e. The highest BCUT2D eigenvalue weighted by Crippen LogP contribution is 2.33. The first kappa shape index (κ1) is 13.3. The van der Waals surface area contributed by atoms with Gasteiger partial charge < -0.3 is 5.32 Å². The fourth-order valence-corrected chi connectivity index (χ4v) is 1.82. The summed E-state index contributed by atoms with van der Waals surface area (Å²) >= 11 is 0. The molecule has 0 bridgehead atoms. The summed E-state index contributed by atoms with van der Waals surface area (Å²) in [4.78, 5) is 13.1. The highest BCUT2D eigenvalue weighted by Gasteiger charge is 2.34. The van der Waals surface area contributed by atoms with Crippen LogP contribution >= 0.6 is 0 Å². The van der Waals surface area contributed by atoms with Gasteiger partial charge in [-0.15, -0.1) is 0 Å². The summed E-state index contributed by atoms with van der Waals surface area (Å²) in [6.45, 7) is 0. The van der Waals surface area contributed by atoms with Gasteiger partial charge in [0.25, 0.3) is 0 Å². The lowest BCUT2D eigenvalue weighted by atomic mass is 10.2. The van der Waals surface area contributed by atoms with Crippen LogP contribution in [-0.4, -0.2) is 15.9 Å². The molecule has 5 nitrogen and oxygen atoms in total. The third kappa shape index (κ3) is 3.01. The minimum absolute atomic E-state index is 0.123. The van der Waals surface area contributed by atoms with Crippen LogP contribution in [0.15, 0.2) is 24.4 Å². The Morgan fingerprint density at radius 2 is 2.00 bits per heavy atom. The van der Waals surface area contributed by atoms with Crippen LogP contribution in [0.1, 0.15) is 18.5 Å². The molecule has 1 aliphatic rings. The van der Waals surface area contributed by atoms with Crippen LogP contribution in [0.4, 0.5) is 24.5 Å². The molecule has 0 aliphatic heterocycles. The lowest BCUT2D eigenvalue weighted by molar-refractivity contribution is -0.384. The summed E-state index contributed by atoms with van der Waals surface area (Å²) < 4.78 is 37.6. The van der Waals surface area contributed by atoms with Gasteiger partial charge in [-0.1, -0.05) is 12.2 Å². The van der Waals surface area contributed by atoms with Gasteiger partial charge in [0.05, 0.1) is 4.92 Å². The van der Waals surface area contributed by atoms with Crippen LogP contribution in [0.3, 0.4) is 0 Å². The predicted molar refractivity (Wildman–Crippen MR) is 61.7 cm³/mol. The number of nitro groups is 1. The largest absolute Gasteiger partial charge is 0.433 e. The van der Waals surface area contributed by atoms with E-state index in [1.54, 1.807) is 0 Å². The number of alkyl halides is 3. The number of halogens is 3. The van der Waals surface area contributed by atoms with E-state index in [4.69, 9.17) is 0 Å². The van der Waals surface area contributed by atoms with Crippen LogP contribution < -0.4 is 5.32 Å². The van der Waals surface area contributed by atoms with Gasteiger partial charge in [-0.2, -0.15) is 13.2 Å². The molecule has 0 spiro atoms. The quantitative estimate of drug-likeness (QED) is 0.522. The van der Waals surface area contributed by atoms with E-state index in [9.17, 15) is 23.3 Å². The van der Waals surface area contributed by atoms with Gasteiger partial charge in [0.15, 0.2) is 0 Å². The van der Waals surface area contributed by atoms with Crippen LogP contribution in [-0.2, 0) is 6.18 Å². The number of aromatic nitrogens is 1. The number of nitrogens with one attached hydrogen (secondary N) is 1. The van der Waals surface area contributed by atoms with Crippen molar-refractivity contribution in [2.75, 3.05) is 5.32 Å². The number of hydrogen-bond acceptors (Lipinski definition) is 4. The van der Waals surface area contributed by atoms with E-state index in [1.165, 1.54) is 0 Å².